The molecule has 1 aromatic rings. The molecule has 0 aliphatic heterocycles. The zero-order valence-electron chi connectivity index (χ0n) is 15.1. The highest BCUT2D eigenvalue weighted by Crippen LogP contribution is 2.42. The van der Waals surface area contributed by atoms with Crippen molar-refractivity contribution in [2.24, 2.45) is 5.92 Å². The van der Waals surface area contributed by atoms with Crippen molar-refractivity contribution < 1.29 is 0 Å². The maximum Gasteiger partial charge on any atom is 0.0822 e. The van der Waals surface area contributed by atoms with Gasteiger partial charge in [0.25, 0.3) is 0 Å². The van der Waals surface area contributed by atoms with E-state index in [9.17, 15) is 5.26 Å². The highest BCUT2D eigenvalue weighted by Gasteiger charge is 2.36. The van der Waals surface area contributed by atoms with Gasteiger partial charge in [0.05, 0.1) is 11.5 Å². The predicted octanol–water partition coefficient (Wildman–Crippen LogP) is 6.56. The minimum Gasteiger partial charge on any atom is -0.197 e. The number of hydrogen-bond acceptors (Lipinski definition) is 1. The van der Waals surface area contributed by atoms with E-state index in [0.717, 1.165) is 25.2 Å². The SMILES string of the molecule is CCCCCC1CCC(C#N)(c2ccc(CCCC)cc2)CC1. The van der Waals surface area contributed by atoms with Gasteiger partial charge in [-0.1, -0.05) is 70.2 Å². The minimum absolute atomic E-state index is 0.218. The van der Waals surface area contributed by atoms with E-state index in [-0.39, 0.29) is 5.41 Å². The van der Waals surface area contributed by atoms with Gasteiger partial charge in [-0.3, -0.25) is 0 Å². The Morgan fingerprint density at radius 3 is 2.22 bits per heavy atom. The van der Waals surface area contributed by atoms with Crippen molar-refractivity contribution in [3.63, 3.8) is 0 Å². The Kier molecular flexibility index (Phi) is 7.15. The molecule has 1 aromatic carbocycles. The first-order valence-corrected chi connectivity index (χ1v) is 9.74. The summed E-state index contributed by atoms with van der Waals surface area (Å²) in [5.41, 5.74) is 2.45. The third kappa shape index (κ3) is 4.84. The molecule has 0 atom stereocenters. The molecule has 0 heterocycles. The largest absolute Gasteiger partial charge is 0.197 e. The number of benzene rings is 1. The molecule has 0 amide bonds. The molecule has 0 bridgehead atoms. The van der Waals surface area contributed by atoms with Gasteiger partial charge >= 0.3 is 0 Å². The molecule has 1 aliphatic carbocycles. The van der Waals surface area contributed by atoms with Crippen molar-refractivity contribution >= 4 is 0 Å². The van der Waals surface area contributed by atoms with Crippen LogP contribution in [0.15, 0.2) is 24.3 Å². The molecule has 1 heteroatoms. The molecule has 1 fully saturated rings. The zero-order valence-corrected chi connectivity index (χ0v) is 15.1. The van der Waals surface area contributed by atoms with Crippen LogP contribution in [0.1, 0.15) is 89.2 Å². The van der Waals surface area contributed by atoms with Gasteiger partial charge in [-0.15, -0.1) is 0 Å². The second-order valence-corrected chi connectivity index (χ2v) is 7.43. The maximum absolute atomic E-state index is 9.86. The van der Waals surface area contributed by atoms with Crippen molar-refractivity contribution in [3.8, 4) is 6.07 Å². The molecule has 0 radical (unpaired) electrons. The van der Waals surface area contributed by atoms with Crippen LogP contribution in [0, 0.1) is 17.2 Å². The van der Waals surface area contributed by atoms with Gasteiger partial charge in [-0.2, -0.15) is 5.26 Å². The van der Waals surface area contributed by atoms with Gasteiger partial charge in [0.15, 0.2) is 0 Å². The van der Waals surface area contributed by atoms with Crippen molar-refractivity contribution in [3.05, 3.63) is 35.4 Å². The second-order valence-electron chi connectivity index (χ2n) is 7.43. The van der Waals surface area contributed by atoms with Crippen LogP contribution in [0.5, 0.6) is 0 Å². The summed E-state index contributed by atoms with van der Waals surface area (Å²) in [5.74, 6) is 0.854. The Balaban J connectivity index is 1.95. The van der Waals surface area contributed by atoms with Crippen molar-refractivity contribution in [2.75, 3.05) is 0 Å². The number of nitriles is 1. The smallest absolute Gasteiger partial charge is 0.0822 e. The Bertz CT molecular complexity index is 486. The van der Waals surface area contributed by atoms with Crippen LogP contribution in [0.3, 0.4) is 0 Å². The Morgan fingerprint density at radius 1 is 1.00 bits per heavy atom. The van der Waals surface area contributed by atoms with Gasteiger partial charge in [0.2, 0.25) is 0 Å². The fraction of sp³-hybridized carbons (Fsp3) is 0.682. The van der Waals surface area contributed by atoms with Crippen LogP contribution in [0.4, 0.5) is 0 Å². The number of rotatable bonds is 8. The van der Waals surface area contributed by atoms with Crippen LogP contribution in [0.2, 0.25) is 0 Å². The molecule has 126 valence electrons. The summed E-state index contributed by atoms with van der Waals surface area (Å²) in [6, 6.07) is 11.6. The fourth-order valence-electron chi connectivity index (χ4n) is 3.98. The molecule has 0 N–H and O–H groups in total. The molecule has 0 saturated heterocycles. The van der Waals surface area contributed by atoms with E-state index in [1.807, 2.05) is 0 Å². The fourth-order valence-corrected chi connectivity index (χ4v) is 3.98. The van der Waals surface area contributed by atoms with Gasteiger partial charge in [-0.25, -0.2) is 0 Å². The van der Waals surface area contributed by atoms with Crippen LogP contribution in [-0.4, -0.2) is 0 Å². The summed E-state index contributed by atoms with van der Waals surface area (Å²) in [6.45, 7) is 4.50. The lowest BCUT2D eigenvalue weighted by Gasteiger charge is -2.35. The highest BCUT2D eigenvalue weighted by atomic mass is 14.4. The average Bonchev–Trinajstić information content (AvgIpc) is 2.61. The molecule has 0 spiro atoms. The van der Waals surface area contributed by atoms with E-state index >= 15 is 0 Å². The molecular weight excluding hydrogens is 278 g/mol. The van der Waals surface area contributed by atoms with E-state index < -0.39 is 0 Å². The topological polar surface area (TPSA) is 23.8 Å². The highest BCUT2D eigenvalue weighted by molar-refractivity contribution is 5.35. The maximum atomic E-state index is 9.86. The third-order valence-electron chi connectivity index (χ3n) is 5.71. The van der Waals surface area contributed by atoms with Gasteiger partial charge in [0, 0.05) is 0 Å². The van der Waals surface area contributed by atoms with E-state index in [2.05, 4.69) is 44.2 Å². The average molecular weight is 312 g/mol. The summed E-state index contributed by atoms with van der Waals surface area (Å²) >= 11 is 0. The van der Waals surface area contributed by atoms with Crippen molar-refractivity contribution in [1.29, 1.82) is 5.26 Å². The van der Waals surface area contributed by atoms with E-state index in [1.165, 1.54) is 62.5 Å². The minimum atomic E-state index is -0.218. The number of unbranched alkanes of at least 4 members (excludes halogenated alkanes) is 3. The standard InChI is InChI=1S/C22H33N/c1-3-5-7-9-20-14-16-22(18-23,17-15-20)21-12-10-19(11-13-21)8-6-4-2/h10-13,20H,3-9,14-17H2,1-2H3. The summed E-state index contributed by atoms with van der Waals surface area (Å²) in [7, 11) is 0. The third-order valence-corrected chi connectivity index (χ3v) is 5.71. The molecule has 1 nitrogen and oxygen atoms in total. The Labute approximate surface area is 143 Å². The van der Waals surface area contributed by atoms with Crippen molar-refractivity contribution in [1.82, 2.24) is 0 Å². The van der Waals surface area contributed by atoms with E-state index in [1.54, 1.807) is 0 Å². The monoisotopic (exact) mass is 311 g/mol. The Hall–Kier alpha value is -1.29. The summed E-state index contributed by atoms with van der Waals surface area (Å²) in [6.07, 6.45) is 13.6. The normalized spacial score (nSPS) is 24.3. The lowest BCUT2D eigenvalue weighted by molar-refractivity contribution is 0.261. The molecule has 23 heavy (non-hydrogen) atoms. The van der Waals surface area contributed by atoms with Gasteiger partial charge < -0.3 is 0 Å². The Morgan fingerprint density at radius 2 is 1.65 bits per heavy atom. The predicted molar refractivity (Wildman–Crippen MR) is 98.4 cm³/mol. The quantitative estimate of drug-likeness (QED) is 0.499. The number of nitrogens with zero attached hydrogens (tertiary/aromatic N) is 1. The molecule has 0 aromatic heterocycles. The molecular formula is C22H33N. The van der Waals surface area contributed by atoms with Crippen LogP contribution in [-0.2, 0) is 11.8 Å². The van der Waals surface area contributed by atoms with Crippen LogP contribution < -0.4 is 0 Å². The lowest BCUT2D eigenvalue weighted by atomic mass is 9.66. The molecule has 1 saturated carbocycles. The molecule has 2 rings (SSSR count). The van der Waals surface area contributed by atoms with Crippen LogP contribution >= 0.6 is 0 Å². The summed E-state index contributed by atoms with van der Waals surface area (Å²) in [4.78, 5) is 0. The van der Waals surface area contributed by atoms with Gasteiger partial charge in [0.1, 0.15) is 0 Å². The van der Waals surface area contributed by atoms with Crippen LogP contribution in [0.25, 0.3) is 0 Å². The summed E-state index contributed by atoms with van der Waals surface area (Å²) in [5, 5.41) is 9.86. The zero-order chi connectivity index (χ0) is 16.5. The van der Waals surface area contributed by atoms with E-state index in [0.29, 0.717) is 0 Å². The van der Waals surface area contributed by atoms with Crippen molar-refractivity contribution in [2.45, 2.75) is 89.9 Å². The number of hydrogen-bond donors (Lipinski definition) is 0. The van der Waals surface area contributed by atoms with Gasteiger partial charge in [-0.05, 0) is 55.6 Å². The van der Waals surface area contributed by atoms with E-state index in [4.69, 9.17) is 0 Å². The first kappa shape index (κ1) is 18.1. The molecule has 1 aliphatic rings. The molecule has 0 unspecified atom stereocenters. The second kappa shape index (κ2) is 9.11. The first-order valence-electron chi connectivity index (χ1n) is 9.74. The number of aryl methyl sites for hydroxylation is 1. The lowest BCUT2D eigenvalue weighted by Crippen LogP contribution is -2.30. The first-order chi connectivity index (χ1) is 11.2. The summed E-state index contributed by atoms with van der Waals surface area (Å²) < 4.78 is 0.